The molecular weight excluding hydrogens is 274 g/mol. The molecule has 0 unspecified atom stereocenters. The number of aromatic nitrogens is 4. The molecule has 0 fully saturated rings. The Labute approximate surface area is 123 Å². The van der Waals surface area contributed by atoms with Crippen LogP contribution < -0.4 is 5.32 Å². The van der Waals surface area contributed by atoms with Crippen LogP contribution in [0.1, 0.15) is 45.7 Å². The van der Waals surface area contributed by atoms with Crippen molar-refractivity contribution >= 4 is 11.5 Å². The maximum atomic E-state index is 5.72. The highest BCUT2D eigenvalue weighted by atomic mass is 32.1. The first-order chi connectivity index (χ1) is 9.52. The maximum Gasteiger partial charge on any atom is 0.261 e. The van der Waals surface area contributed by atoms with Gasteiger partial charge in [0.25, 0.3) is 5.89 Å². The topological polar surface area (TPSA) is 76.7 Å². The Morgan fingerprint density at radius 1 is 1.20 bits per heavy atom. The van der Waals surface area contributed by atoms with Crippen LogP contribution in [0.5, 0.6) is 0 Å². The summed E-state index contributed by atoms with van der Waals surface area (Å²) in [4.78, 5) is 0.878. The highest BCUT2D eigenvalue weighted by molar-refractivity contribution is 7.09. The third-order valence-electron chi connectivity index (χ3n) is 2.85. The normalized spacial score (nSPS) is 12.0. The van der Waals surface area contributed by atoms with Crippen molar-refractivity contribution < 1.29 is 4.42 Å². The van der Waals surface area contributed by atoms with E-state index in [1.165, 1.54) is 11.5 Å². The summed E-state index contributed by atoms with van der Waals surface area (Å²) in [5.74, 6) is 1.20. The Hall–Kier alpha value is -1.34. The van der Waals surface area contributed by atoms with Gasteiger partial charge in [0.2, 0.25) is 5.89 Å². The van der Waals surface area contributed by atoms with E-state index in [0.717, 1.165) is 36.5 Å². The van der Waals surface area contributed by atoms with Gasteiger partial charge in [-0.3, -0.25) is 0 Å². The Morgan fingerprint density at radius 3 is 2.70 bits per heavy atom. The van der Waals surface area contributed by atoms with Crippen molar-refractivity contribution in [1.82, 2.24) is 25.1 Å². The number of aryl methyl sites for hydroxylation is 1. The van der Waals surface area contributed by atoms with E-state index < -0.39 is 0 Å². The van der Waals surface area contributed by atoms with Gasteiger partial charge in [0.05, 0.1) is 5.69 Å². The maximum absolute atomic E-state index is 5.72. The van der Waals surface area contributed by atoms with Crippen molar-refractivity contribution in [3.05, 3.63) is 11.6 Å². The van der Waals surface area contributed by atoms with Gasteiger partial charge in [-0.15, -0.1) is 15.3 Å². The monoisotopic (exact) mass is 295 g/mol. The van der Waals surface area contributed by atoms with Crippen LogP contribution in [0.25, 0.3) is 10.8 Å². The molecule has 0 aliphatic carbocycles. The minimum absolute atomic E-state index is 0.0813. The standard InChI is InChI=1S/C13H21N5OS/c1-5-14-8-6-7-9-15-17-12(19-9)10-11(13(2,3)4)16-18-20-10/h14H,5-8H2,1-4H3. The lowest BCUT2D eigenvalue weighted by Crippen LogP contribution is -2.14. The molecule has 0 saturated heterocycles. The molecule has 110 valence electrons. The lowest BCUT2D eigenvalue weighted by atomic mass is 9.91. The SMILES string of the molecule is CCNCCCc1nnc(-c2snnc2C(C)(C)C)o1. The average molecular weight is 295 g/mol. The van der Waals surface area contributed by atoms with E-state index in [9.17, 15) is 0 Å². The van der Waals surface area contributed by atoms with Crippen LogP contribution in [0.4, 0.5) is 0 Å². The Bertz CT molecular complexity index is 543. The number of nitrogens with one attached hydrogen (secondary N) is 1. The molecule has 0 bridgehead atoms. The van der Waals surface area contributed by atoms with Crippen LogP contribution in [0.2, 0.25) is 0 Å². The zero-order chi connectivity index (χ0) is 14.6. The van der Waals surface area contributed by atoms with Gasteiger partial charge in [-0.1, -0.05) is 32.2 Å². The minimum Gasteiger partial charge on any atom is -0.420 e. The van der Waals surface area contributed by atoms with Gasteiger partial charge in [0.1, 0.15) is 4.88 Å². The summed E-state index contributed by atoms with van der Waals surface area (Å²) >= 11 is 1.31. The summed E-state index contributed by atoms with van der Waals surface area (Å²) in [5, 5.41) is 15.7. The van der Waals surface area contributed by atoms with Crippen molar-refractivity contribution in [3.8, 4) is 10.8 Å². The largest absolute Gasteiger partial charge is 0.420 e. The number of rotatable bonds is 6. The molecule has 6 nitrogen and oxygen atoms in total. The molecule has 1 N–H and O–H groups in total. The van der Waals surface area contributed by atoms with Crippen LogP contribution in [-0.2, 0) is 11.8 Å². The molecule has 20 heavy (non-hydrogen) atoms. The molecule has 0 saturated carbocycles. The van der Waals surface area contributed by atoms with Crippen molar-refractivity contribution in [3.63, 3.8) is 0 Å². The molecule has 0 aliphatic heterocycles. The summed E-state index contributed by atoms with van der Waals surface area (Å²) in [5.41, 5.74) is 0.826. The van der Waals surface area contributed by atoms with E-state index in [1.54, 1.807) is 0 Å². The molecule has 7 heteroatoms. The fourth-order valence-corrected chi connectivity index (χ4v) is 2.61. The molecule has 0 aliphatic rings. The number of nitrogens with zero attached hydrogens (tertiary/aromatic N) is 4. The second kappa shape index (κ2) is 6.41. The highest BCUT2D eigenvalue weighted by Crippen LogP contribution is 2.33. The van der Waals surface area contributed by atoms with Crippen LogP contribution in [0, 0.1) is 0 Å². The summed E-state index contributed by atoms with van der Waals surface area (Å²) in [6.07, 6.45) is 1.78. The fraction of sp³-hybridized carbons (Fsp3) is 0.692. The van der Waals surface area contributed by atoms with Gasteiger partial charge < -0.3 is 9.73 Å². The Morgan fingerprint density at radius 2 is 2.00 bits per heavy atom. The van der Waals surface area contributed by atoms with E-state index >= 15 is 0 Å². The van der Waals surface area contributed by atoms with E-state index in [4.69, 9.17) is 4.42 Å². The smallest absolute Gasteiger partial charge is 0.261 e. The van der Waals surface area contributed by atoms with Gasteiger partial charge in [-0.2, -0.15) is 0 Å². The van der Waals surface area contributed by atoms with Gasteiger partial charge in [0, 0.05) is 11.8 Å². The summed E-state index contributed by atoms with van der Waals surface area (Å²) in [6, 6.07) is 0. The fourth-order valence-electron chi connectivity index (χ4n) is 1.81. The Balaban J connectivity index is 2.07. The average Bonchev–Trinajstić information content (AvgIpc) is 3.01. The minimum atomic E-state index is -0.0813. The van der Waals surface area contributed by atoms with Crippen LogP contribution in [-0.4, -0.2) is 32.9 Å². The van der Waals surface area contributed by atoms with Crippen LogP contribution in [0.3, 0.4) is 0 Å². The molecule has 0 aromatic carbocycles. The van der Waals surface area contributed by atoms with Gasteiger partial charge in [-0.25, -0.2) is 0 Å². The molecule has 2 rings (SSSR count). The Kier molecular flexibility index (Phi) is 4.82. The van der Waals surface area contributed by atoms with Gasteiger partial charge in [0.15, 0.2) is 0 Å². The van der Waals surface area contributed by atoms with Gasteiger partial charge >= 0.3 is 0 Å². The van der Waals surface area contributed by atoms with Gasteiger partial charge in [-0.05, 0) is 31.0 Å². The number of hydrogen-bond acceptors (Lipinski definition) is 7. The molecule has 2 heterocycles. The molecule has 2 aromatic rings. The second-order valence-corrected chi connectivity index (χ2v) is 6.41. The molecular formula is C13H21N5OS. The predicted octanol–water partition coefficient (Wildman–Crippen LogP) is 2.43. The first-order valence-corrected chi connectivity index (χ1v) is 7.66. The molecule has 2 aromatic heterocycles. The summed E-state index contributed by atoms with van der Waals surface area (Å²) in [6.45, 7) is 10.3. The van der Waals surface area contributed by atoms with Crippen LogP contribution in [0.15, 0.2) is 4.42 Å². The molecule has 0 atom stereocenters. The molecule has 0 amide bonds. The molecule has 0 spiro atoms. The first-order valence-electron chi connectivity index (χ1n) is 6.88. The third-order valence-corrected chi connectivity index (χ3v) is 3.57. The predicted molar refractivity (Wildman–Crippen MR) is 78.8 cm³/mol. The lowest BCUT2D eigenvalue weighted by molar-refractivity contribution is 0.490. The summed E-state index contributed by atoms with van der Waals surface area (Å²) in [7, 11) is 0. The van der Waals surface area contributed by atoms with Crippen molar-refractivity contribution in [2.75, 3.05) is 13.1 Å². The van der Waals surface area contributed by atoms with E-state index in [1.807, 2.05) is 0 Å². The highest BCUT2D eigenvalue weighted by Gasteiger charge is 2.26. The van der Waals surface area contributed by atoms with Crippen molar-refractivity contribution in [2.24, 2.45) is 0 Å². The third kappa shape index (κ3) is 3.61. The summed E-state index contributed by atoms with van der Waals surface area (Å²) < 4.78 is 9.74. The first kappa shape index (κ1) is 15.1. The van der Waals surface area contributed by atoms with Crippen molar-refractivity contribution in [1.29, 1.82) is 0 Å². The zero-order valence-electron chi connectivity index (χ0n) is 12.4. The zero-order valence-corrected chi connectivity index (χ0v) is 13.3. The van der Waals surface area contributed by atoms with E-state index in [0.29, 0.717) is 11.8 Å². The quantitative estimate of drug-likeness (QED) is 0.825. The van der Waals surface area contributed by atoms with Crippen LogP contribution >= 0.6 is 11.5 Å². The van der Waals surface area contributed by atoms with E-state index in [2.05, 4.69) is 52.8 Å². The molecule has 0 radical (unpaired) electrons. The number of hydrogen-bond donors (Lipinski definition) is 1. The van der Waals surface area contributed by atoms with E-state index in [-0.39, 0.29) is 5.41 Å². The van der Waals surface area contributed by atoms with Crippen molar-refractivity contribution in [2.45, 2.75) is 46.0 Å². The lowest BCUT2D eigenvalue weighted by Gasteiger charge is -2.14. The second-order valence-electron chi connectivity index (χ2n) is 5.66.